The number of aryl methyl sites for hydroxylation is 2. The molecule has 0 aromatic heterocycles. The van der Waals surface area contributed by atoms with Gasteiger partial charge in [0.2, 0.25) is 0 Å². The van der Waals surface area contributed by atoms with E-state index in [1.165, 1.54) is 6.08 Å². The van der Waals surface area contributed by atoms with Gasteiger partial charge in [-0.15, -0.1) is 0 Å². The van der Waals surface area contributed by atoms with Crippen LogP contribution in [0.25, 0.3) is 6.08 Å². The van der Waals surface area contributed by atoms with Crippen molar-refractivity contribution in [1.29, 1.82) is 0 Å². The average molecular weight is 283 g/mol. The lowest BCUT2D eigenvalue weighted by Crippen LogP contribution is -1.98. The molecule has 3 heteroatoms. The molecule has 0 aliphatic rings. The number of carbonyl (C=O) groups is 1. The Labute approximate surface area is 104 Å². The van der Waals surface area contributed by atoms with Gasteiger partial charge in [0.15, 0.2) is 0 Å². The highest BCUT2D eigenvalue weighted by Gasteiger charge is 2.01. The van der Waals surface area contributed by atoms with E-state index in [0.717, 1.165) is 21.2 Å². The Morgan fingerprint density at radius 1 is 1.38 bits per heavy atom. The van der Waals surface area contributed by atoms with E-state index in [-0.39, 0.29) is 5.97 Å². The first-order chi connectivity index (χ1) is 7.54. The molecule has 0 aliphatic carbocycles. The minimum Gasteiger partial charge on any atom is -0.463 e. The summed E-state index contributed by atoms with van der Waals surface area (Å²) in [6.07, 6.45) is 3.22. The molecule has 1 aromatic rings. The molecule has 0 fully saturated rings. The van der Waals surface area contributed by atoms with Crippen LogP contribution >= 0.6 is 15.9 Å². The topological polar surface area (TPSA) is 26.3 Å². The van der Waals surface area contributed by atoms with Gasteiger partial charge in [-0.25, -0.2) is 4.79 Å². The quantitative estimate of drug-likeness (QED) is 0.625. The van der Waals surface area contributed by atoms with Crippen LogP contribution in [-0.2, 0) is 9.53 Å². The lowest BCUT2D eigenvalue weighted by Gasteiger charge is -2.04. The van der Waals surface area contributed by atoms with Crippen LogP contribution in [0.3, 0.4) is 0 Å². The summed E-state index contributed by atoms with van der Waals surface area (Å²) in [6, 6.07) is 4.04. The fourth-order valence-corrected chi connectivity index (χ4v) is 1.66. The highest BCUT2D eigenvalue weighted by molar-refractivity contribution is 9.10. The Morgan fingerprint density at radius 2 is 1.94 bits per heavy atom. The summed E-state index contributed by atoms with van der Waals surface area (Å²) in [4.78, 5) is 11.1. The van der Waals surface area contributed by atoms with Crippen LogP contribution in [0.2, 0.25) is 0 Å². The molecule has 0 radical (unpaired) electrons. The van der Waals surface area contributed by atoms with Crippen molar-refractivity contribution < 1.29 is 9.53 Å². The maximum atomic E-state index is 11.1. The van der Waals surface area contributed by atoms with Crippen molar-refractivity contribution in [2.45, 2.75) is 20.8 Å². The van der Waals surface area contributed by atoms with Crippen molar-refractivity contribution in [2.24, 2.45) is 0 Å². The lowest BCUT2D eigenvalue weighted by molar-refractivity contribution is -0.137. The van der Waals surface area contributed by atoms with Crippen LogP contribution in [-0.4, -0.2) is 12.6 Å². The molecule has 0 heterocycles. The molecule has 2 nitrogen and oxygen atoms in total. The molecule has 0 saturated carbocycles. The maximum absolute atomic E-state index is 11.1. The van der Waals surface area contributed by atoms with E-state index in [1.54, 1.807) is 13.0 Å². The number of hydrogen-bond donors (Lipinski definition) is 0. The van der Waals surface area contributed by atoms with Gasteiger partial charge in [0.25, 0.3) is 0 Å². The number of rotatable bonds is 3. The van der Waals surface area contributed by atoms with E-state index in [2.05, 4.69) is 15.9 Å². The number of benzene rings is 1. The number of hydrogen-bond acceptors (Lipinski definition) is 2. The second-order valence-electron chi connectivity index (χ2n) is 3.55. The van der Waals surface area contributed by atoms with Crippen LogP contribution in [0, 0.1) is 13.8 Å². The molecule has 1 rings (SSSR count). The van der Waals surface area contributed by atoms with E-state index in [9.17, 15) is 4.79 Å². The molecule has 0 unspecified atom stereocenters. The van der Waals surface area contributed by atoms with Crippen LogP contribution in [0.5, 0.6) is 0 Å². The molecule has 0 amide bonds. The predicted molar refractivity (Wildman–Crippen MR) is 69.3 cm³/mol. The SMILES string of the molecule is CCOC(=O)C=Cc1cc(C)c(Br)c(C)c1. The molecule has 0 saturated heterocycles. The Bertz CT molecular complexity index is 399. The number of esters is 1. The van der Waals surface area contributed by atoms with Crippen molar-refractivity contribution in [3.63, 3.8) is 0 Å². The van der Waals surface area contributed by atoms with Crippen molar-refractivity contribution in [3.8, 4) is 0 Å². The summed E-state index contributed by atoms with van der Waals surface area (Å²) < 4.78 is 5.92. The molecule has 0 N–H and O–H groups in total. The standard InChI is InChI=1S/C13H15BrO2/c1-4-16-12(15)6-5-11-7-9(2)13(14)10(3)8-11/h5-8H,4H2,1-3H3. The van der Waals surface area contributed by atoms with E-state index in [4.69, 9.17) is 4.74 Å². The molecular formula is C13H15BrO2. The molecule has 0 aliphatic heterocycles. The monoisotopic (exact) mass is 282 g/mol. The Hall–Kier alpha value is -1.09. The second-order valence-corrected chi connectivity index (χ2v) is 4.35. The van der Waals surface area contributed by atoms with Gasteiger partial charge in [0.1, 0.15) is 0 Å². The summed E-state index contributed by atoms with van der Waals surface area (Å²) in [6.45, 7) is 6.25. The Balaban J connectivity index is 2.86. The summed E-state index contributed by atoms with van der Waals surface area (Å²) in [5, 5.41) is 0. The third-order valence-corrected chi connectivity index (χ3v) is 3.41. The fraction of sp³-hybridized carbons (Fsp3) is 0.308. The molecule has 0 spiro atoms. The fourth-order valence-electron chi connectivity index (χ4n) is 1.43. The summed E-state index contributed by atoms with van der Waals surface area (Å²) in [5.74, 6) is -0.305. The largest absolute Gasteiger partial charge is 0.463 e. The average Bonchev–Trinajstić information content (AvgIpc) is 2.23. The van der Waals surface area contributed by atoms with Crippen LogP contribution < -0.4 is 0 Å². The van der Waals surface area contributed by atoms with Gasteiger partial charge < -0.3 is 4.74 Å². The van der Waals surface area contributed by atoms with Gasteiger partial charge in [0.05, 0.1) is 6.61 Å². The summed E-state index contributed by atoms with van der Waals surface area (Å²) in [5.41, 5.74) is 3.32. The molecule has 86 valence electrons. The van der Waals surface area contributed by atoms with Crippen LogP contribution in [0.1, 0.15) is 23.6 Å². The minimum absolute atomic E-state index is 0.305. The van der Waals surface area contributed by atoms with Gasteiger partial charge in [-0.1, -0.05) is 28.1 Å². The lowest BCUT2D eigenvalue weighted by atomic mass is 10.1. The van der Waals surface area contributed by atoms with E-state index in [0.29, 0.717) is 6.61 Å². The van der Waals surface area contributed by atoms with Crippen LogP contribution in [0.15, 0.2) is 22.7 Å². The normalized spacial score (nSPS) is 10.8. The third-order valence-electron chi connectivity index (χ3n) is 2.16. The second kappa shape index (κ2) is 5.85. The van der Waals surface area contributed by atoms with Gasteiger partial charge in [-0.05, 0) is 43.5 Å². The van der Waals surface area contributed by atoms with E-state index < -0.39 is 0 Å². The maximum Gasteiger partial charge on any atom is 0.330 e. The van der Waals surface area contributed by atoms with Gasteiger partial charge in [-0.2, -0.15) is 0 Å². The minimum atomic E-state index is -0.305. The first kappa shape index (κ1) is 13.0. The zero-order chi connectivity index (χ0) is 12.1. The van der Waals surface area contributed by atoms with Gasteiger partial charge in [-0.3, -0.25) is 0 Å². The number of carbonyl (C=O) groups excluding carboxylic acids is 1. The Kier molecular flexibility index (Phi) is 4.74. The third kappa shape index (κ3) is 3.49. The van der Waals surface area contributed by atoms with E-state index in [1.807, 2.05) is 26.0 Å². The zero-order valence-corrected chi connectivity index (χ0v) is 11.3. The first-order valence-electron chi connectivity index (χ1n) is 5.16. The first-order valence-corrected chi connectivity index (χ1v) is 5.95. The van der Waals surface area contributed by atoms with Crippen molar-refractivity contribution in [1.82, 2.24) is 0 Å². The van der Waals surface area contributed by atoms with Crippen molar-refractivity contribution >= 4 is 28.0 Å². The molecular weight excluding hydrogens is 268 g/mol. The predicted octanol–water partition coefficient (Wildman–Crippen LogP) is 3.64. The zero-order valence-electron chi connectivity index (χ0n) is 9.71. The van der Waals surface area contributed by atoms with Crippen molar-refractivity contribution in [2.75, 3.05) is 6.61 Å². The summed E-state index contributed by atoms with van der Waals surface area (Å²) >= 11 is 3.50. The van der Waals surface area contributed by atoms with Gasteiger partial charge in [0, 0.05) is 10.5 Å². The number of ether oxygens (including phenoxy) is 1. The number of halogens is 1. The highest BCUT2D eigenvalue weighted by atomic mass is 79.9. The molecule has 16 heavy (non-hydrogen) atoms. The Morgan fingerprint density at radius 3 is 2.44 bits per heavy atom. The summed E-state index contributed by atoms with van der Waals surface area (Å²) in [7, 11) is 0. The molecule has 1 aromatic carbocycles. The molecule has 0 atom stereocenters. The molecule has 0 bridgehead atoms. The van der Waals surface area contributed by atoms with Gasteiger partial charge >= 0.3 is 5.97 Å². The van der Waals surface area contributed by atoms with Crippen molar-refractivity contribution in [3.05, 3.63) is 39.4 Å². The smallest absolute Gasteiger partial charge is 0.330 e. The van der Waals surface area contributed by atoms with Crippen LogP contribution in [0.4, 0.5) is 0 Å². The van der Waals surface area contributed by atoms with E-state index >= 15 is 0 Å². The highest BCUT2D eigenvalue weighted by Crippen LogP contribution is 2.22.